The van der Waals surface area contributed by atoms with Gasteiger partial charge in [-0.05, 0) is 0 Å². The van der Waals surface area contributed by atoms with Gasteiger partial charge >= 0.3 is 37.3 Å². The van der Waals surface area contributed by atoms with Gasteiger partial charge in [0.05, 0.1) is 0 Å². The fraction of sp³-hybridized carbons (Fsp3) is 0.727. The van der Waals surface area contributed by atoms with Crippen molar-refractivity contribution in [2.24, 2.45) is 32.5 Å². The number of carbonyl (C=O) groups excluding carboxylic acids is 6. The van der Waals surface area contributed by atoms with Crippen molar-refractivity contribution in [2.75, 3.05) is 0 Å². The summed E-state index contributed by atoms with van der Waals surface area (Å²) in [7, 11) is 0. The molecule has 7 heteroatoms. The van der Waals surface area contributed by atoms with Gasteiger partial charge in [0.15, 0.2) is 34.7 Å². The van der Waals surface area contributed by atoms with Crippen LogP contribution >= 0.6 is 0 Å². The molecule has 40 heavy (non-hydrogen) atoms. The first-order chi connectivity index (χ1) is 16.6. The molecule has 0 fully saturated rings. The van der Waals surface area contributed by atoms with Crippen molar-refractivity contribution in [3.8, 4) is 0 Å². The van der Waals surface area contributed by atoms with Crippen LogP contribution in [0, 0.1) is 89.1 Å². The van der Waals surface area contributed by atoms with Crippen LogP contribution in [0.3, 0.4) is 0 Å². The second-order valence-corrected chi connectivity index (χ2v) is 16.2. The third-order valence-electron chi connectivity index (χ3n) is 5.43. The molecule has 0 heterocycles. The molecule has 0 aliphatic heterocycles. The maximum atomic E-state index is 9.60. The van der Waals surface area contributed by atoms with Crippen LogP contribution in [0.15, 0.2) is 0 Å². The SMILES string of the molecule is CC(C)(C)C(=[OH+])[CH-]C(=[OH+])C(C)(C)C.CC(C)(C)C(=[OH+])[CH-]C(=[OH+])C(C)(C)C.CC(C)(C)C(=[OH+])[CH-]C(=[OH+])C(C)(C)C.[Er+3]. The summed E-state index contributed by atoms with van der Waals surface area (Å²) in [6, 6.07) is 0. The van der Waals surface area contributed by atoms with E-state index in [-0.39, 0.29) is 104 Å². The number of hydrogen-bond acceptors (Lipinski definition) is 0. The summed E-state index contributed by atoms with van der Waals surface area (Å²) in [6.45, 7) is 34.2. The van der Waals surface area contributed by atoms with Gasteiger partial charge in [0.25, 0.3) is 0 Å². The van der Waals surface area contributed by atoms with Crippen molar-refractivity contribution in [3.05, 3.63) is 19.3 Å². The van der Waals surface area contributed by atoms with Gasteiger partial charge in [0.2, 0.25) is 0 Å². The Bertz CT molecular complexity index is 693. The van der Waals surface area contributed by atoms with Gasteiger partial charge in [-0.3, -0.25) is 0 Å². The van der Waals surface area contributed by atoms with Gasteiger partial charge in [-0.2, -0.15) is 19.3 Å². The zero-order valence-corrected chi connectivity index (χ0v) is 30.6. The molecule has 0 spiro atoms. The van der Waals surface area contributed by atoms with Gasteiger partial charge in [-0.25, -0.2) is 0 Å². The van der Waals surface area contributed by atoms with Gasteiger partial charge < -0.3 is 28.8 Å². The van der Waals surface area contributed by atoms with E-state index in [0.717, 1.165) is 0 Å². The van der Waals surface area contributed by atoms with E-state index in [4.69, 9.17) is 0 Å². The van der Waals surface area contributed by atoms with Gasteiger partial charge in [0.1, 0.15) is 0 Å². The zero-order valence-electron chi connectivity index (χ0n) is 28.7. The summed E-state index contributed by atoms with van der Waals surface area (Å²) in [5.74, 6) is 1.25. The maximum Gasteiger partial charge on any atom is 3.00 e. The molecule has 6 nitrogen and oxygen atoms in total. The normalized spacial score (nSPS) is 12.2. The molecule has 0 aliphatic carbocycles. The molecule has 237 valence electrons. The summed E-state index contributed by atoms with van der Waals surface area (Å²) in [6.07, 6.45) is 4.33. The van der Waals surface area contributed by atoms with Crippen LogP contribution in [-0.4, -0.2) is 63.5 Å². The van der Waals surface area contributed by atoms with Crippen molar-refractivity contribution in [1.82, 2.24) is 0 Å². The van der Waals surface area contributed by atoms with Crippen molar-refractivity contribution in [2.45, 2.75) is 125 Å². The molecule has 0 atom stereocenters. The Morgan fingerprint density at radius 2 is 0.350 bits per heavy atom. The minimum atomic E-state index is -0.306. The van der Waals surface area contributed by atoms with Crippen molar-refractivity contribution < 1.29 is 66.1 Å². The third-order valence-corrected chi connectivity index (χ3v) is 5.43. The molecule has 0 unspecified atom stereocenters. The first-order valence-corrected chi connectivity index (χ1v) is 13.6. The number of hydrogen-bond donors (Lipinski definition) is 0. The quantitative estimate of drug-likeness (QED) is 0.157. The van der Waals surface area contributed by atoms with Gasteiger partial charge in [-0.15, -0.1) is 0 Å². The Balaban J connectivity index is -0.000000240. The third kappa shape index (κ3) is 21.6. The Labute approximate surface area is 275 Å². The molecule has 0 amide bonds. The van der Waals surface area contributed by atoms with E-state index in [1.165, 1.54) is 19.3 Å². The van der Waals surface area contributed by atoms with Crippen molar-refractivity contribution in [1.29, 1.82) is 0 Å². The van der Waals surface area contributed by atoms with Gasteiger partial charge in [0, 0.05) is 32.5 Å². The second kappa shape index (κ2) is 16.5. The van der Waals surface area contributed by atoms with E-state index >= 15 is 0 Å². The summed E-state index contributed by atoms with van der Waals surface area (Å²) >= 11 is 0. The molecule has 0 rings (SSSR count). The predicted molar refractivity (Wildman–Crippen MR) is 171 cm³/mol. The van der Waals surface area contributed by atoms with E-state index < -0.39 is 0 Å². The molecule has 0 bridgehead atoms. The Morgan fingerprint density at radius 1 is 0.275 bits per heavy atom. The van der Waals surface area contributed by atoms with Crippen LogP contribution in [0.5, 0.6) is 0 Å². The summed E-state index contributed by atoms with van der Waals surface area (Å²) < 4.78 is 0. The largest absolute Gasteiger partial charge is 3.00 e. The van der Waals surface area contributed by atoms with Crippen LogP contribution < -0.4 is 0 Å². The molecule has 0 aromatic heterocycles. The first kappa shape index (κ1) is 45.9. The fourth-order valence-electron chi connectivity index (χ4n) is 1.69. The maximum absolute atomic E-state index is 9.60. The summed E-state index contributed by atoms with van der Waals surface area (Å²) in [5.41, 5.74) is -1.84. The second-order valence-electron chi connectivity index (χ2n) is 16.2. The van der Waals surface area contributed by atoms with Crippen LogP contribution in [0.25, 0.3) is 0 Å². The molecule has 1 radical (unpaired) electrons. The molecule has 0 aromatic carbocycles. The van der Waals surface area contributed by atoms with Crippen LogP contribution in [0.4, 0.5) is 0 Å². The molecule has 6 N–H and O–H groups in total. The average Bonchev–Trinajstić information content (AvgIpc) is 2.64. The molecule has 0 aliphatic rings. The van der Waals surface area contributed by atoms with Crippen molar-refractivity contribution in [3.63, 3.8) is 0 Å². The summed E-state index contributed by atoms with van der Waals surface area (Å²) in [4.78, 5) is 57.6. The molecular formula is C33H63ErO6+6. The first-order valence-electron chi connectivity index (χ1n) is 13.6. The Kier molecular flexibility index (Phi) is 18.9. The molecule has 0 saturated heterocycles. The average molecular weight is 723 g/mol. The number of ketones is 6. The fourth-order valence-corrected chi connectivity index (χ4v) is 1.69. The zero-order chi connectivity index (χ0) is 32.6. The minimum Gasteiger partial charge on any atom is -0.315 e. The minimum absolute atomic E-state index is 0. The van der Waals surface area contributed by atoms with E-state index in [9.17, 15) is 28.8 Å². The standard InChI is InChI=1S/3C11H19O2.Er/c3*1-10(2,3)8(12)7-9(13)11(4,5)6;/h3*7H,1-6H3;/q3*-1;+3/p+6. The van der Waals surface area contributed by atoms with E-state index in [1.54, 1.807) is 0 Å². The Morgan fingerprint density at radius 3 is 0.400 bits per heavy atom. The smallest absolute Gasteiger partial charge is 0.315 e. The van der Waals surface area contributed by atoms with Crippen LogP contribution in [0.1, 0.15) is 125 Å². The van der Waals surface area contributed by atoms with E-state index in [0.29, 0.717) is 0 Å². The summed E-state index contributed by atoms with van der Waals surface area (Å²) in [5, 5.41) is 0. The van der Waals surface area contributed by atoms with Crippen LogP contribution in [-0.2, 0) is 0 Å². The molecular weight excluding hydrogens is 660 g/mol. The van der Waals surface area contributed by atoms with Gasteiger partial charge in [-0.1, -0.05) is 125 Å². The van der Waals surface area contributed by atoms with Crippen LogP contribution in [0.2, 0.25) is 0 Å². The number of rotatable bonds is 6. The monoisotopic (exact) mass is 721 g/mol. The van der Waals surface area contributed by atoms with Crippen molar-refractivity contribution >= 4 is 34.7 Å². The van der Waals surface area contributed by atoms with E-state index in [2.05, 4.69) is 0 Å². The van der Waals surface area contributed by atoms with E-state index in [1.807, 2.05) is 125 Å². The molecule has 0 saturated carbocycles. The topological polar surface area (TPSA) is 128 Å². The molecule has 0 aromatic rings. The Hall–Kier alpha value is -1.12. The predicted octanol–water partition coefficient (Wildman–Crippen LogP) is 7.12.